The van der Waals surface area contributed by atoms with Crippen LogP contribution in [0.4, 0.5) is 13.2 Å². The molecule has 1 aliphatic heterocycles. The summed E-state index contributed by atoms with van der Waals surface area (Å²) < 4.78 is 43.1. The Hall–Kier alpha value is -2.03. The van der Waals surface area contributed by atoms with Crippen LogP contribution in [0, 0.1) is 5.41 Å². The molecule has 0 spiro atoms. The third-order valence-electron chi connectivity index (χ3n) is 4.89. The number of carbonyl (C=O) groups excluding carboxylic acids is 1. The van der Waals surface area contributed by atoms with Crippen molar-refractivity contribution in [3.05, 3.63) is 53.7 Å². The highest BCUT2D eigenvalue weighted by Crippen LogP contribution is 2.30. The van der Waals surface area contributed by atoms with Gasteiger partial charge in [0.1, 0.15) is 5.75 Å². The van der Waals surface area contributed by atoms with Gasteiger partial charge < -0.3 is 15.4 Å². The van der Waals surface area contributed by atoms with Crippen LogP contribution in [0.3, 0.4) is 0 Å². The lowest BCUT2D eigenvalue weighted by Gasteiger charge is -2.34. The first-order valence-electron chi connectivity index (χ1n) is 9.05. The van der Waals surface area contributed by atoms with Crippen LogP contribution in [0.5, 0.6) is 11.6 Å². The molecule has 0 radical (unpaired) electrons. The molecule has 0 bridgehead atoms. The van der Waals surface area contributed by atoms with Crippen LogP contribution in [-0.4, -0.2) is 30.5 Å². The average Bonchev–Trinajstić information content (AvgIpc) is 2.67. The number of amides is 1. The zero-order valence-electron chi connectivity index (χ0n) is 16.3. The van der Waals surface area contributed by atoms with Crippen LogP contribution in [-0.2, 0) is 6.18 Å². The van der Waals surface area contributed by atoms with Crippen LogP contribution in [0.15, 0.2) is 42.6 Å². The second-order valence-corrected chi connectivity index (χ2v) is 7.25. The van der Waals surface area contributed by atoms with Crippen molar-refractivity contribution in [3.8, 4) is 11.6 Å². The van der Waals surface area contributed by atoms with Crippen molar-refractivity contribution in [1.82, 2.24) is 15.6 Å². The van der Waals surface area contributed by atoms with Crippen molar-refractivity contribution in [3.63, 3.8) is 0 Å². The Morgan fingerprint density at radius 3 is 2.30 bits per heavy atom. The minimum Gasteiger partial charge on any atom is -0.439 e. The molecule has 2 heterocycles. The van der Waals surface area contributed by atoms with Gasteiger partial charge in [0.2, 0.25) is 5.88 Å². The van der Waals surface area contributed by atoms with Gasteiger partial charge in [-0.25, -0.2) is 4.98 Å². The fourth-order valence-electron chi connectivity index (χ4n) is 3.01. The van der Waals surface area contributed by atoms with Crippen molar-refractivity contribution < 1.29 is 22.7 Å². The molecular weight excluding hydrogens is 442 g/mol. The summed E-state index contributed by atoms with van der Waals surface area (Å²) in [4.78, 5) is 16.0. The smallest absolute Gasteiger partial charge is 0.417 e. The summed E-state index contributed by atoms with van der Waals surface area (Å²) in [5.74, 6) is 0.261. The van der Waals surface area contributed by atoms with Gasteiger partial charge >= 0.3 is 6.18 Å². The topological polar surface area (TPSA) is 63.2 Å². The van der Waals surface area contributed by atoms with E-state index in [-0.39, 0.29) is 42.0 Å². The summed E-state index contributed by atoms with van der Waals surface area (Å²) in [6.45, 7) is 4.69. The van der Waals surface area contributed by atoms with E-state index in [0.29, 0.717) is 17.9 Å². The van der Waals surface area contributed by atoms with E-state index in [1.54, 1.807) is 24.3 Å². The van der Waals surface area contributed by atoms with Crippen LogP contribution >= 0.6 is 24.8 Å². The van der Waals surface area contributed by atoms with Crippen molar-refractivity contribution in [1.29, 1.82) is 0 Å². The number of benzene rings is 1. The summed E-state index contributed by atoms with van der Waals surface area (Å²) in [6, 6.07) is 8.45. The van der Waals surface area contributed by atoms with Gasteiger partial charge in [0, 0.05) is 24.4 Å². The Bertz CT molecular complexity index is 810. The summed E-state index contributed by atoms with van der Waals surface area (Å²) in [6.07, 6.45) is -1.69. The van der Waals surface area contributed by atoms with Crippen molar-refractivity contribution in [2.75, 3.05) is 19.6 Å². The number of hydrogen-bond donors (Lipinski definition) is 2. The number of alkyl halides is 3. The van der Waals surface area contributed by atoms with Crippen LogP contribution < -0.4 is 15.4 Å². The highest BCUT2D eigenvalue weighted by atomic mass is 35.5. The Balaban J connectivity index is 0.00000225. The van der Waals surface area contributed by atoms with Crippen LogP contribution in [0.1, 0.15) is 35.7 Å². The minimum atomic E-state index is -4.44. The van der Waals surface area contributed by atoms with Gasteiger partial charge in [-0.05, 0) is 61.7 Å². The predicted molar refractivity (Wildman–Crippen MR) is 113 cm³/mol. The molecule has 1 saturated heterocycles. The molecule has 1 fully saturated rings. The van der Waals surface area contributed by atoms with Crippen molar-refractivity contribution in [2.24, 2.45) is 5.41 Å². The maximum Gasteiger partial charge on any atom is 0.417 e. The number of pyridine rings is 1. The second kappa shape index (κ2) is 10.8. The Morgan fingerprint density at radius 1 is 1.13 bits per heavy atom. The minimum absolute atomic E-state index is 0. The van der Waals surface area contributed by atoms with Crippen molar-refractivity contribution >= 4 is 30.7 Å². The molecule has 1 aliphatic rings. The molecule has 0 aliphatic carbocycles. The summed E-state index contributed by atoms with van der Waals surface area (Å²) in [5.41, 5.74) is -0.252. The Labute approximate surface area is 185 Å². The summed E-state index contributed by atoms with van der Waals surface area (Å²) >= 11 is 0. The fraction of sp³-hybridized carbons (Fsp3) is 0.400. The van der Waals surface area contributed by atoms with Crippen LogP contribution in [0.25, 0.3) is 0 Å². The van der Waals surface area contributed by atoms with Gasteiger partial charge in [-0.3, -0.25) is 4.79 Å². The quantitative estimate of drug-likeness (QED) is 0.661. The van der Waals surface area contributed by atoms with Gasteiger partial charge in [-0.15, -0.1) is 24.8 Å². The number of carbonyl (C=O) groups is 1. The van der Waals surface area contributed by atoms with Gasteiger partial charge in [-0.2, -0.15) is 13.2 Å². The summed E-state index contributed by atoms with van der Waals surface area (Å²) in [7, 11) is 0. The molecule has 0 unspecified atom stereocenters. The standard InChI is InChI=1S/C20H22F3N3O2.2ClH/c1-19(8-10-24-11-9-19)13-26-18(27)14-2-5-16(6-3-14)28-17-7-4-15(12-25-17)20(21,22)23;;/h2-7,12,24H,8-11,13H2,1H3,(H,26,27);2*1H. The highest BCUT2D eigenvalue weighted by Gasteiger charge is 2.30. The molecule has 30 heavy (non-hydrogen) atoms. The zero-order valence-corrected chi connectivity index (χ0v) is 17.9. The van der Waals surface area contributed by atoms with Crippen molar-refractivity contribution in [2.45, 2.75) is 25.9 Å². The molecule has 1 amide bonds. The molecule has 3 rings (SSSR count). The van der Waals surface area contributed by atoms with E-state index >= 15 is 0 Å². The van der Waals surface area contributed by atoms with Gasteiger partial charge in [0.15, 0.2) is 0 Å². The number of nitrogens with zero attached hydrogens (tertiary/aromatic N) is 1. The number of aromatic nitrogens is 1. The lowest BCUT2D eigenvalue weighted by Crippen LogP contribution is -2.42. The fourth-order valence-corrected chi connectivity index (χ4v) is 3.01. The molecule has 2 N–H and O–H groups in total. The largest absolute Gasteiger partial charge is 0.439 e. The molecule has 2 aromatic rings. The van der Waals surface area contributed by atoms with Crippen LogP contribution in [0.2, 0.25) is 0 Å². The van der Waals surface area contributed by atoms with Gasteiger partial charge in [-0.1, -0.05) is 6.92 Å². The normalized spacial score (nSPS) is 15.3. The number of ether oxygens (including phenoxy) is 1. The first-order valence-corrected chi connectivity index (χ1v) is 9.05. The monoisotopic (exact) mass is 465 g/mol. The second-order valence-electron chi connectivity index (χ2n) is 7.25. The molecule has 0 atom stereocenters. The maximum absolute atomic E-state index is 12.6. The molecule has 1 aromatic carbocycles. The summed E-state index contributed by atoms with van der Waals surface area (Å²) in [5, 5.41) is 6.28. The predicted octanol–water partition coefficient (Wildman–Crippen LogP) is 4.86. The first-order chi connectivity index (χ1) is 13.3. The molecular formula is C20H24Cl2F3N3O2. The van der Waals surface area contributed by atoms with E-state index in [9.17, 15) is 18.0 Å². The number of hydrogen-bond acceptors (Lipinski definition) is 4. The zero-order chi connectivity index (χ0) is 20.2. The number of halogens is 5. The Morgan fingerprint density at radius 2 is 1.77 bits per heavy atom. The molecule has 166 valence electrons. The van der Waals surface area contributed by atoms with Gasteiger partial charge in [0.25, 0.3) is 5.91 Å². The molecule has 10 heteroatoms. The number of piperidine rings is 1. The van der Waals surface area contributed by atoms with E-state index in [4.69, 9.17) is 4.74 Å². The van der Waals surface area contributed by atoms with E-state index in [2.05, 4.69) is 22.5 Å². The SMILES string of the molecule is CC1(CNC(=O)c2ccc(Oc3ccc(C(F)(F)F)cn3)cc2)CCNCC1.Cl.Cl. The maximum atomic E-state index is 12.6. The van der Waals surface area contributed by atoms with Gasteiger partial charge in [0.05, 0.1) is 5.56 Å². The van der Waals surface area contributed by atoms with E-state index in [1.165, 1.54) is 0 Å². The molecule has 0 saturated carbocycles. The van der Waals surface area contributed by atoms with E-state index < -0.39 is 11.7 Å². The number of rotatable bonds is 5. The number of nitrogens with one attached hydrogen (secondary N) is 2. The third-order valence-corrected chi connectivity index (χ3v) is 4.89. The third kappa shape index (κ3) is 7.04. The average molecular weight is 466 g/mol. The first kappa shape index (κ1) is 26.0. The molecule has 5 nitrogen and oxygen atoms in total. The molecule has 1 aromatic heterocycles. The Kier molecular flexibility index (Phi) is 9.39. The van der Waals surface area contributed by atoms with E-state index in [0.717, 1.165) is 44.3 Å². The highest BCUT2D eigenvalue weighted by molar-refractivity contribution is 5.94. The van der Waals surface area contributed by atoms with E-state index in [1.807, 2.05) is 0 Å². The lowest BCUT2D eigenvalue weighted by molar-refractivity contribution is -0.137. The lowest BCUT2D eigenvalue weighted by atomic mass is 9.81.